The third kappa shape index (κ3) is 2.92. The monoisotopic (exact) mass is 262 g/mol. The van der Waals surface area contributed by atoms with E-state index >= 15 is 0 Å². The lowest BCUT2D eigenvalue weighted by atomic mass is 10.1. The van der Waals surface area contributed by atoms with Gasteiger partial charge in [0.1, 0.15) is 5.82 Å². The molecule has 1 unspecified atom stereocenters. The topological polar surface area (TPSA) is 15.3 Å². The summed E-state index contributed by atoms with van der Waals surface area (Å²) in [6, 6.07) is 6.55. The first-order chi connectivity index (χ1) is 9.16. The van der Waals surface area contributed by atoms with E-state index in [4.69, 9.17) is 0 Å². The maximum absolute atomic E-state index is 14.1. The van der Waals surface area contributed by atoms with Crippen molar-refractivity contribution in [2.24, 2.45) is 5.92 Å². The van der Waals surface area contributed by atoms with Gasteiger partial charge in [-0.3, -0.25) is 0 Å². The first-order valence-electron chi connectivity index (χ1n) is 7.40. The van der Waals surface area contributed by atoms with Crippen molar-refractivity contribution in [3.63, 3.8) is 0 Å². The molecule has 3 rings (SSSR count). The third-order valence-electron chi connectivity index (χ3n) is 4.53. The largest absolute Gasteiger partial charge is 0.371 e. The third-order valence-corrected chi connectivity index (χ3v) is 4.53. The second-order valence-electron chi connectivity index (χ2n) is 6.08. The number of hydrogen-bond donors (Lipinski definition) is 1. The van der Waals surface area contributed by atoms with Crippen molar-refractivity contribution in [2.45, 2.75) is 51.2 Å². The number of rotatable bonds is 6. The molecule has 1 atom stereocenters. The lowest BCUT2D eigenvalue weighted by Gasteiger charge is -2.29. The van der Waals surface area contributed by atoms with Crippen LogP contribution in [0.15, 0.2) is 18.2 Å². The standard InChI is InChI=1S/C16H23FN2/c1-11(12-6-7-12)19(2)16-5-3-4-15(17)14(16)10-18-13-8-9-13/h3-5,11-13,18H,6-10H2,1-2H3. The number of hydrogen-bond acceptors (Lipinski definition) is 2. The number of benzene rings is 1. The van der Waals surface area contributed by atoms with E-state index in [0.717, 1.165) is 17.2 Å². The van der Waals surface area contributed by atoms with Crippen molar-refractivity contribution in [1.29, 1.82) is 0 Å². The summed E-state index contributed by atoms with van der Waals surface area (Å²) in [6.07, 6.45) is 5.10. The van der Waals surface area contributed by atoms with Gasteiger partial charge in [0.25, 0.3) is 0 Å². The van der Waals surface area contributed by atoms with Crippen LogP contribution in [0.3, 0.4) is 0 Å². The first kappa shape index (κ1) is 12.9. The summed E-state index contributed by atoms with van der Waals surface area (Å²) in [4.78, 5) is 2.25. The Balaban J connectivity index is 1.79. The van der Waals surface area contributed by atoms with Crippen molar-refractivity contribution in [1.82, 2.24) is 5.32 Å². The van der Waals surface area contributed by atoms with Crippen LogP contribution in [0.25, 0.3) is 0 Å². The quantitative estimate of drug-likeness (QED) is 0.846. The van der Waals surface area contributed by atoms with Crippen molar-refractivity contribution in [3.8, 4) is 0 Å². The fraction of sp³-hybridized carbons (Fsp3) is 0.625. The lowest BCUT2D eigenvalue weighted by molar-refractivity contribution is 0.572. The SMILES string of the molecule is CC(C1CC1)N(C)c1cccc(F)c1CNC1CC1. The Kier molecular flexibility index (Phi) is 3.48. The van der Waals surface area contributed by atoms with E-state index in [-0.39, 0.29) is 5.82 Å². The molecule has 2 aliphatic rings. The van der Waals surface area contributed by atoms with E-state index in [9.17, 15) is 4.39 Å². The van der Waals surface area contributed by atoms with E-state index in [0.29, 0.717) is 18.6 Å². The Morgan fingerprint density at radius 1 is 1.32 bits per heavy atom. The highest BCUT2D eigenvalue weighted by molar-refractivity contribution is 5.54. The molecule has 1 N–H and O–H groups in total. The summed E-state index contributed by atoms with van der Waals surface area (Å²) in [5.74, 6) is 0.706. The molecule has 2 fully saturated rings. The number of anilines is 1. The molecule has 19 heavy (non-hydrogen) atoms. The minimum absolute atomic E-state index is 0.0829. The van der Waals surface area contributed by atoms with Gasteiger partial charge in [0.15, 0.2) is 0 Å². The summed E-state index contributed by atoms with van der Waals surface area (Å²) < 4.78 is 14.1. The second-order valence-corrected chi connectivity index (χ2v) is 6.08. The fourth-order valence-corrected chi connectivity index (χ4v) is 2.70. The summed E-state index contributed by atoms with van der Waals surface area (Å²) in [6.45, 7) is 2.90. The van der Waals surface area contributed by atoms with Gasteiger partial charge in [0.2, 0.25) is 0 Å². The zero-order valence-electron chi connectivity index (χ0n) is 11.8. The van der Waals surface area contributed by atoms with Gasteiger partial charge in [-0.05, 0) is 50.7 Å². The minimum atomic E-state index is -0.0829. The van der Waals surface area contributed by atoms with Crippen LogP contribution in [0, 0.1) is 11.7 Å². The molecule has 0 radical (unpaired) electrons. The molecular formula is C16H23FN2. The molecule has 2 saturated carbocycles. The zero-order valence-corrected chi connectivity index (χ0v) is 11.8. The Labute approximate surface area is 115 Å². The normalized spacial score (nSPS) is 20.4. The van der Waals surface area contributed by atoms with Crippen LogP contribution in [0.4, 0.5) is 10.1 Å². The molecule has 0 amide bonds. The molecule has 3 heteroatoms. The van der Waals surface area contributed by atoms with Crippen molar-refractivity contribution >= 4 is 5.69 Å². The van der Waals surface area contributed by atoms with Gasteiger partial charge >= 0.3 is 0 Å². The van der Waals surface area contributed by atoms with Crippen LogP contribution in [-0.2, 0) is 6.54 Å². The van der Waals surface area contributed by atoms with E-state index in [1.54, 1.807) is 6.07 Å². The fourth-order valence-electron chi connectivity index (χ4n) is 2.70. The maximum Gasteiger partial charge on any atom is 0.129 e. The van der Waals surface area contributed by atoms with Crippen molar-refractivity contribution in [2.75, 3.05) is 11.9 Å². The highest BCUT2D eigenvalue weighted by Crippen LogP contribution is 2.37. The Hall–Kier alpha value is -1.09. The smallest absolute Gasteiger partial charge is 0.129 e. The molecule has 1 aromatic carbocycles. The predicted octanol–water partition coefficient (Wildman–Crippen LogP) is 3.31. The van der Waals surface area contributed by atoms with Gasteiger partial charge in [-0.15, -0.1) is 0 Å². The van der Waals surface area contributed by atoms with Crippen molar-refractivity contribution < 1.29 is 4.39 Å². The molecule has 0 bridgehead atoms. The summed E-state index contributed by atoms with van der Waals surface area (Å²) in [7, 11) is 2.10. The second kappa shape index (κ2) is 5.12. The molecule has 0 spiro atoms. The summed E-state index contributed by atoms with van der Waals surface area (Å²) >= 11 is 0. The van der Waals surface area contributed by atoms with Gasteiger partial charge in [-0.1, -0.05) is 6.07 Å². The molecule has 104 valence electrons. The molecule has 0 saturated heterocycles. The molecule has 2 aliphatic carbocycles. The average molecular weight is 262 g/mol. The highest BCUT2D eigenvalue weighted by Gasteiger charge is 2.31. The van der Waals surface area contributed by atoms with Gasteiger partial charge in [-0.2, -0.15) is 0 Å². The molecule has 0 heterocycles. The molecule has 0 aliphatic heterocycles. The summed E-state index contributed by atoms with van der Waals surface area (Å²) in [5, 5.41) is 3.43. The number of nitrogens with zero attached hydrogens (tertiary/aromatic N) is 1. The van der Waals surface area contributed by atoms with Crippen LogP contribution in [0.2, 0.25) is 0 Å². The van der Waals surface area contributed by atoms with Gasteiger partial charge < -0.3 is 10.2 Å². The molecule has 0 aromatic heterocycles. The van der Waals surface area contributed by atoms with E-state index in [2.05, 4.69) is 24.2 Å². The Morgan fingerprint density at radius 3 is 2.68 bits per heavy atom. The van der Waals surface area contributed by atoms with Crippen LogP contribution in [0.5, 0.6) is 0 Å². The van der Waals surface area contributed by atoms with Gasteiger partial charge in [0.05, 0.1) is 0 Å². The van der Waals surface area contributed by atoms with E-state index in [1.165, 1.54) is 25.7 Å². The summed E-state index contributed by atoms with van der Waals surface area (Å²) in [5.41, 5.74) is 1.87. The highest BCUT2D eigenvalue weighted by atomic mass is 19.1. The van der Waals surface area contributed by atoms with Crippen LogP contribution in [0.1, 0.15) is 38.2 Å². The molecule has 1 aromatic rings. The minimum Gasteiger partial charge on any atom is -0.371 e. The Bertz CT molecular complexity index is 452. The maximum atomic E-state index is 14.1. The molecular weight excluding hydrogens is 239 g/mol. The zero-order chi connectivity index (χ0) is 13.4. The van der Waals surface area contributed by atoms with Crippen LogP contribution >= 0.6 is 0 Å². The predicted molar refractivity (Wildman–Crippen MR) is 76.9 cm³/mol. The van der Waals surface area contributed by atoms with E-state index < -0.39 is 0 Å². The van der Waals surface area contributed by atoms with Gasteiger partial charge in [0, 0.05) is 36.9 Å². The van der Waals surface area contributed by atoms with Crippen LogP contribution in [-0.4, -0.2) is 19.1 Å². The van der Waals surface area contributed by atoms with Gasteiger partial charge in [-0.25, -0.2) is 4.39 Å². The molecule has 2 nitrogen and oxygen atoms in total. The lowest BCUT2D eigenvalue weighted by Crippen LogP contribution is -2.32. The van der Waals surface area contributed by atoms with Crippen LogP contribution < -0.4 is 10.2 Å². The number of halogens is 1. The Morgan fingerprint density at radius 2 is 2.05 bits per heavy atom. The first-order valence-corrected chi connectivity index (χ1v) is 7.40. The van der Waals surface area contributed by atoms with E-state index in [1.807, 2.05) is 12.1 Å². The average Bonchev–Trinajstić information content (AvgIpc) is 3.28. The van der Waals surface area contributed by atoms with Crippen molar-refractivity contribution in [3.05, 3.63) is 29.6 Å². The number of nitrogens with one attached hydrogen (secondary N) is 1.